The minimum atomic E-state index is -0.211. The first kappa shape index (κ1) is 13.5. The fourth-order valence-electron chi connectivity index (χ4n) is 1.48. The van der Waals surface area contributed by atoms with Gasteiger partial charge in [-0.05, 0) is 52.8 Å². The van der Waals surface area contributed by atoms with E-state index in [-0.39, 0.29) is 5.82 Å². The molecule has 0 spiro atoms. The molecule has 0 atom stereocenters. The lowest BCUT2D eigenvalue weighted by Gasteiger charge is -2.05. The van der Waals surface area contributed by atoms with Crippen molar-refractivity contribution < 1.29 is 4.39 Å². The Labute approximate surface area is 118 Å². The zero-order valence-electron chi connectivity index (χ0n) is 9.78. The Bertz CT molecular complexity index is 531. The third kappa shape index (κ3) is 3.54. The van der Waals surface area contributed by atoms with Gasteiger partial charge >= 0.3 is 0 Å². The number of rotatable bonds is 4. The molecule has 94 valence electrons. The topological polar surface area (TPSA) is 24.9 Å². The van der Waals surface area contributed by atoms with Crippen LogP contribution in [0.3, 0.4) is 0 Å². The molecule has 0 radical (unpaired) electrons. The summed E-state index contributed by atoms with van der Waals surface area (Å²) in [5.74, 6) is -0.211. The van der Waals surface area contributed by atoms with Gasteiger partial charge < -0.3 is 5.32 Å². The Morgan fingerprint density at radius 2 is 2.17 bits per heavy atom. The van der Waals surface area contributed by atoms with Gasteiger partial charge in [-0.1, -0.05) is 17.8 Å². The van der Waals surface area contributed by atoms with Gasteiger partial charge in [-0.2, -0.15) is 0 Å². The highest BCUT2D eigenvalue weighted by Gasteiger charge is 2.06. The van der Waals surface area contributed by atoms with Gasteiger partial charge in [0.05, 0.1) is 0 Å². The van der Waals surface area contributed by atoms with Gasteiger partial charge in [-0.3, -0.25) is 0 Å². The average Bonchev–Trinajstić information content (AvgIpc) is 2.36. The molecule has 1 heterocycles. The summed E-state index contributed by atoms with van der Waals surface area (Å²) in [6.45, 7) is 0.665. The maximum absolute atomic E-state index is 13.9. The van der Waals surface area contributed by atoms with E-state index < -0.39 is 0 Å². The minimum Gasteiger partial charge on any atom is -0.316 e. The lowest BCUT2D eigenvalue weighted by Crippen LogP contribution is -2.05. The number of aromatic nitrogens is 1. The zero-order chi connectivity index (χ0) is 13.0. The molecule has 0 saturated carbocycles. The van der Waals surface area contributed by atoms with E-state index in [1.54, 1.807) is 18.3 Å². The molecule has 0 aliphatic rings. The van der Waals surface area contributed by atoms with Gasteiger partial charge in [0.15, 0.2) is 0 Å². The molecular formula is C13H12BrFN2S. The summed E-state index contributed by atoms with van der Waals surface area (Å²) in [6.07, 6.45) is 1.70. The molecular weight excluding hydrogens is 315 g/mol. The highest BCUT2D eigenvalue weighted by molar-refractivity contribution is 9.10. The molecule has 0 saturated heterocycles. The van der Waals surface area contributed by atoms with E-state index in [0.29, 0.717) is 11.4 Å². The summed E-state index contributed by atoms with van der Waals surface area (Å²) in [7, 11) is 1.84. The van der Waals surface area contributed by atoms with Crippen LogP contribution in [-0.2, 0) is 6.54 Å². The molecule has 5 heteroatoms. The number of hydrogen-bond donors (Lipinski definition) is 1. The van der Waals surface area contributed by atoms with Crippen LogP contribution in [0.15, 0.2) is 50.9 Å². The molecule has 2 rings (SSSR count). The van der Waals surface area contributed by atoms with Crippen molar-refractivity contribution in [3.05, 3.63) is 52.4 Å². The maximum Gasteiger partial charge on any atom is 0.137 e. The molecule has 0 aliphatic heterocycles. The van der Waals surface area contributed by atoms with E-state index in [1.807, 2.05) is 25.2 Å². The van der Waals surface area contributed by atoms with Gasteiger partial charge in [0.1, 0.15) is 10.8 Å². The SMILES string of the molecule is CNCc1ccc(Sc2ccc(Br)cn2)c(F)c1. The number of nitrogens with one attached hydrogen (secondary N) is 1. The van der Waals surface area contributed by atoms with Crippen LogP contribution < -0.4 is 5.32 Å². The van der Waals surface area contributed by atoms with E-state index in [0.717, 1.165) is 15.1 Å². The molecule has 0 aliphatic carbocycles. The Morgan fingerprint density at radius 1 is 1.33 bits per heavy atom. The van der Waals surface area contributed by atoms with Crippen LogP contribution in [0.1, 0.15) is 5.56 Å². The van der Waals surface area contributed by atoms with Crippen molar-refractivity contribution in [3.8, 4) is 0 Å². The minimum absolute atomic E-state index is 0.211. The second kappa shape index (κ2) is 6.31. The summed E-state index contributed by atoms with van der Waals surface area (Å²) in [6, 6.07) is 9.01. The molecule has 0 unspecified atom stereocenters. The Kier molecular flexibility index (Phi) is 4.74. The number of hydrogen-bond acceptors (Lipinski definition) is 3. The molecule has 1 aromatic carbocycles. The molecule has 1 N–H and O–H groups in total. The molecule has 0 bridgehead atoms. The highest BCUT2D eigenvalue weighted by Crippen LogP contribution is 2.29. The van der Waals surface area contributed by atoms with Crippen molar-refractivity contribution in [2.24, 2.45) is 0 Å². The van der Waals surface area contributed by atoms with E-state index in [1.165, 1.54) is 11.8 Å². The van der Waals surface area contributed by atoms with Crippen molar-refractivity contribution in [2.45, 2.75) is 16.5 Å². The van der Waals surface area contributed by atoms with Gasteiger partial charge in [0.25, 0.3) is 0 Å². The number of benzene rings is 1. The molecule has 2 aromatic rings. The summed E-state index contributed by atoms with van der Waals surface area (Å²) in [5, 5.41) is 3.77. The summed E-state index contributed by atoms with van der Waals surface area (Å²) < 4.78 is 14.8. The van der Waals surface area contributed by atoms with Crippen LogP contribution in [-0.4, -0.2) is 12.0 Å². The lowest BCUT2D eigenvalue weighted by atomic mass is 10.2. The fraction of sp³-hybridized carbons (Fsp3) is 0.154. The van der Waals surface area contributed by atoms with Crippen LogP contribution in [0, 0.1) is 5.82 Å². The van der Waals surface area contributed by atoms with Crippen LogP contribution in [0.25, 0.3) is 0 Å². The van der Waals surface area contributed by atoms with Gasteiger partial charge in [0, 0.05) is 22.1 Å². The van der Waals surface area contributed by atoms with Crippen molar-refractivity contribution in [1.82, 2.24) is 10.3 Å². The van der Waals surface area contributed by atoms with E-state index >= 15 is 0 Å². The zero-order valence-corrected chi connectivity index (χ0v) is 12.2. The van der Waals surface area contributed by atoms with E-state index in [4.69, 9.17) is 0 Å². The number of nitrogens with zero attached hydrogens (tertiary/aromatic N) is 1. The van der Waals surface area contributed by atoms with Gasteiger partial charge in [0.2, 0.25) is 0 Å². The lowest BCUT2D eigenvalue weighted by molar-refractivity contribution is 0.598. The van der Waals surface area contributed by atoms with Crippen LogP contribution >= 0.6 is 27.7 Å². The normalized spacial score (nSPS) is 10.6. The molecule has 18 heavy (non-hydrogen) atoms. The average molecular weight is 327 g/mol. The van der Waals surface area contributed by atoms with Crippen molar-refractivity contribution in [3.63, 3.8) is 0 Å². The Hall–Kier alpha value is -0.910. The molecule has 2 nitrogen and oxygen atoms in total. The number of halogens is 2. The van der Waals surface area contributed by atoms with E-state index in [9.17, 15) is 4.39 Å². The van der Waals surface area contributed by atoms with Crippen LogP contribution in [0.4, 0.5) is 4.39 Å². The van der Waals surface area contributed by atoms with Crippen molar-refractivity contribution in [1.29, 1.82) is 0 Å². The molecule has 1 aromatic heterocycles. The highest BCUT2D eigenvalue weighted by atomic mass is 79.9. The third-order valence-corrected chi connectivity index (χ3v) is 3.76. The third-order valence-electron chi connectivity index (χ3n) is 2.29. The quantitative estimate of drug-likeness (QED) is 0.923. The summed E-state index contributed by atoms with van der Waals surface area (Å²) in [4.78, 5) is 4.80. The maximum atomic E-state index is 13.9. The second-order valence-electron chi connectivity index (χ2n) is 3.71. The first-order valence-corrected chi connectivity index (χ1v) is 7.02. The van der Waals surface area contributed by atoms with Crippen LogP contribution in [0.5, 0.6) is 0 Å². The summed E-state index contributed by atoms with van der Waals surface area (Å²) >= 11 is 4.64. The van der Waals surface area contributed by atoms with Gasteiger partial charge in [-0.15, -0.1) is 0 Å². The fourth-order valence-corrected chi connectivity index (χ4v) is 2.47. The second-order valence-corrected chi connectivity index (χ2v) is 5.69. The smallest absolute Gasteiger partial charge is 0.137 e. The first-order valence-electron chi connectivity index (χ1n) is 5.41. The van der Waals surface area contributed by atoms with Crippen molar-refractivity contribution in [2.75, 3.05) is 7.05 Å². The number of pyridine rings is 1. The summed E-state index contributed by atoms with van der Waals surface area (Å²) in [5.41, 5.74) is 0.933. The van der Waals surface area contributed by atoms with Crippen LogP contribution in [0.2, 0.25) is 0 Å². The predicted octanol–water partition coefficient (Wildman–Crippen LogP) is 3.85. The van der Waals surface area contributed by atoms with E-state index in [2.05, 4.69) is 26.2 Å². The van der Waals surface area contributed by atoms with Crippen molar-refractivity contribution >= 4 is 27.7 Å². The standard InChI is InChI=1S/C13H12BrFN2S/c1-16-7-9-2-4-12(11(15)6-9)18-13-5-3-10(14)8-17-13/h2-6,8,16H,7H2,1H3. The monoisotopic (exact) mass is 326 g/mol. The van der Waals surface area contributed by atoms with Gasteiger partial charge in [-0.25, -0.2) is 9.37 Å². The Morgan fingerprint density at radius 3 is 2.78 bits per heavy atom. The molecule has 0 amide bonds. The first-order chi connectivity index (χ1) is 8.69. The largest absolute Gasteiger partial charge is 0.316 e. The molecule has 0 fully saturated rings. The predicted molar refractivity (Wildman–Crippen MR) is 75.2 cm³/mol. The Balaban J connectivity index is 2.16.